The van der Waals surface area contributed by atoms with Crippen molar-refractivity contribution >= 4 is 28.9 Å². The van der Waals surface area contributed by atoms with Gasteiger partial charge in [-0.05, 0) is 12.8 Å². The van der Waals surface area contributed by atoms with E-state index in [1.54, 1.807) is 23.1 Å². The second-order valence-corrected chi connectivity index (χ2v) is 7.92. The zero-order valence-corrected chi connectivity index (χ0v) is 16.7. The van der Waals surface area contributed by atoms with Crippen molar-refractivity contribution < 1.29 is 14.1 Å². The van der Waals surface area contributed by atoms with Gasteiger partial charge in [0.2, 0.25) is 5.27 Å². The lowest BCUT2D eigenvalue weighted by Crippen LogP contribution is -2.66. The van der Waals surface area contributed by atoms with Gasteiger partial charge >= 0.3 is 5.88 Å². The van der Waals surface area contributed by atoms with Crippen molar-refractivity contribution in [2.24, 2.45) is 0 Å². The van der Waals surface area contributed by atoms with Gasteiger partial charge in [0.1, 0.15) is 0 Å². The molecule has 1 saturated heterocycles. The molecule has 1 saturated carbocycles. The summed E-state index contributed by atoms with van der Waals surface area (Å²) in [4.78, 5) is 17.0. The lowest BCUT2D eigenvalue weighted by molar-refractivity contribution is -0.759. The molecule has 0 atom stereocenters. The first-order chi connectivity index (χ1) is 13.7. The Morgan fingerprint density at radius 3 is 2.61 bits per heavy atom. The normalized spacial score (nSPS) is 18.4. The fourth-order valence-corrected chi connectivity index (χ4v) is 4.26. The van der Waals surface area contributed by atoms with Crippen LogP contribution in [-0.4, -0.2) is 53.2 Å². The van der Waals surface area contributed by atoms with E-state index in [-0.39, 0.29) is 12.2 Å². The maximum atomic E-state index is 12.2. The van der Waals surface area contributed by atoms with E-state index < -0.39 is 0 Å². The molecule has 1 aliphatic heterocycles. The number of anilines is 1. The molecule has 4 rings (SSSR count). The summed E-state index contributed by atoms with van der Waals surface area (Å²) in [6, 6.07) is 9.91. The molecular formula is C20H26N5O2S+. The number of carbonyl (C=O) groups is 1. The standard InChI is InChI=1S/C20H25N5O2S/c26-18(16-6-2-1-3-7-16)14-20(28)21-19-15-25(22-27-19)24-12-10-23(11-13-24)17-8-4-5-9-17/h1-3,6-7,15,17H,4-5,8-14H2/p+1. The molecule has 2 aromatic rings. The van der Waals surface area contributed by atoms with Crippen LogP contribution < -0.4 is 15.1 Å². The number of Topliss-reactive ketones (excluding diaryl/α,β-unsaturated/α-hetero) is 1. The molecule has 1 N–H and O–H groups in total. The number of hydrogen-bond donors (Lipinski definition) is 1. The van der Waals surface area contributed by atoms with Gasteiger partial charge in [-0.3, -0.25) is 14.2 Å². The van der Waals surface area contributed by atoms with Crippen molar-refractivity contribution in [2.75, 3.05) is 36.5 Å². The largest absolute Gasteiger partial charge is 0.313 e. The van der Waals surface area contributed by atoms with Crippen LogP contribution in [0.4, 0.5) is 5.88 Å². The van der Waals surface area contributed by atoms with Gasteiger partial charge in [-0.25, -0.2) is 0 Å². The number of rotatable bonds is 6. The molecule has 28 heavy (non-hydrogen) atoms. The van der Waals surface area contributed by atoms with Gasteiger partial charge in [0.25, 0.3) is 6.20 Å². The lowest BCUT2D eigenvalue weighted by Gasteiger charge is -2.34. The molecule has 1 aromatic heterocycles. The van der Waals surface area contributed by atoms with E-state index in [4.69, 9.17) is 16.7 Å². The highest BCUT2D eigenvalue weighted by Crippen LogP contribution is 2.23. The number of nitrogens with zero attached hydrogens (tertiary/aromatic N) is 4. The monoisotopic (exact) mass is 400 g/mol. The molecule has 2 heterocycles. The maximum absolute atomic E-state index is 12.2. The molecule has 148 valence electrons. The molecule has 0 radical (unpaired) electrons. The van der Waals surface area contributed by atoms with Crippen LogP contribution in [0.15, 0.2) is 41.1 Å². The van der Waals surface area contributed by atoms with E-state index in [0.29, 0.717) is 16.4 Å². The predicted molar refractivity (Wildman–Crippen MR) is 110 cm³/mol. The van der Waals surface area contributed by atoms with Crippen molar-refractivity contribution in [1.82, 2.24) is 10.2 Å². The number of carbonyl (C=O) groups excluding carboxylic acids is 1. The summed E-state index contributed by atoms with van der Waals surface area (Å²) in [5.41, 5.74) is 0.652. The van der Waals surface area contributed by atoms with Crippen LogP contribution in [0.25, 0.3) is 0 Å². The Morgan fingerprint density at radius 1 is 1.18 bits per heavy atom. The van der Waals surface area contributed by atoms with E-state index in [2.05, 4.69) is 20.5 Å². The minimum absolute atomic E-state index is 0.0199. The van der Waals surface area contributed by atoms with Crippen LogP contribution in [0.2, 0.25) is 0 Å². The average molecular weight is 401 g/mol. The van der Waals surface area contributed by atoms with Crippen LogP contribution in [0.3, 0.4) is 0 Å². The second-order valence-electron chi connectivity index (χ2n) is 7.43. The van der Waals surface area contributed by atoms with Gasteiger partial charge < -0.3 is 5.32 Å². The third kappa shape index (κ3) is 4.56. The molecule has 8 heteroatoms. The average Bonchev–Trinajstić information content (AvgIpc) is 3.41. The maximum Gasteiger partial charge on any atom is 0.304 e. The minimum atomic E-state index is -0.0199. The van der Waals surface area contributed by atoms with Crippen LogP contribution in [-0.2, 0) is 0 Å². The summed E-state index contributed by atoms with van der Waals surface area (Å²) in [7, 11) is 0. The number of thiocarbonyl (C=S) groups is 1. The first kappa shape index (κ1) is 19.0. The highest BCUT2D eigenvalue weighted by atomic mass is 32.1. The molecule has 7 nitrogen and oxygen atoms in total. The Hall–Kier alpha value is -2.32. The topological polar surface area (TPSA) is 65.5 Å². The third-order valence-corrected chi connectivity index (χ3v) is 5.80. The number of hydrogen-bond acceptors (Lipinski definition) is 6. The fraction of sp³-hybridized carbons (Fsp3) is 0.500. The number of benzene rings is 1. The third-order valence-electron chi connectivity index (χ3n) is 5.56. The van der Waals surface area contributed by atoms with E-state index in [1.807, 2.05) is 18.2 Å². The van der Waals surface area contributed by atoms with Crippen LogP contribution in [0.1, 0.15) is 42.5 Å². The Labute approximate surface area is 170 Å². The van der Waals surface area contributed by atoms with Crippen molar-refractivity contribution in [3.8, 4) is 0 Å². The number of aromatic nitrogens is 2. The van der Waals surface area contributed by atoms with E-state index >= 15 is 0 Å². The Kier molecular flexibility index (Phi) is 5.97. The zero-order chi connectivity index (χ0) is 19.3. The highest BCUT2D eigenvalue weighted by Gasteiger charge is 2.30. The van der Waals surface area contributed by atoms with Gasteiger partial charge in [0.15, 0.2) is 5.78 Å². The Bertz CT molecular complexity index is 811. The smallest absolute Gasteiger partial charge is 0.304 e. The molecule has 0 unspecified atom stereocenters. The summed E-state index contributed by atoms with van der Waals surface area (Å²) < 4.78 is 5.35. The highest BCUT2D eigenvalue weighted by molar-refractivity contribution is 7.80. The molecular weight excluding hydrogens is 374 g/mol. The van der Waals surface area contributed by atoms with Gasteiger partial charge in [-0.1, -0.05) is 55.4 Å². The quantitative estimate of drug-likeness (QED) is 0.453. The van der Waals surface area contributed by atoms with Gasteiger partial charge in [-0.2, -0.15) is 5.01 Å². The number of nitrogens with one attached hydrogen (secondary N) is 1. The van der Waals surface area contributed by atoms with Gasteiger partial charge in [0.05, 0.1) is 29.3 Å². The molecule has 2 fully saturated rings. The number of ketones is 1. The SMILES string of the molecule is O=C(CC(=S)Nc1c[n+](N2CCN(C3CCCC3)CC2)no1)c1ccccc1. The first-order valence-corrected chi connectivity index (χ1v) is 10.4. The van der Waals surface area contributed by atoms with Crippen molar-refractivity contribution in [1.29, 1.82) is 0 Å². The predicted octanol–water partition coefficient (Wildman–Crippen LogP) is 2.17. The fourth-order valence-electron chi connectivity index (χ4n) is 4.03. The second kappa shape index (κ2) is 8.79. The first-order valence-electron chi connectivity index (χ1n) is 9.95. The molecule has 1 aromatic carbocycles. The molecule has 0 amide bonds. The van der Waals surface area contributed by atoms with Gasteiger partial charge in [0, 0.05) is 24.7 Å². The summed E-state index contributed by atoms with van der Waals surface area (Å²) in [6.07, 6.45) is 7.33. The van der Waals surface area contributed by atoms with Gasteiger partial charge in [-0.15, -0.1) is 0 Å². The van der Waals surface area contributed by atoms with Crippen LogP contribution >= 0.6 is 12.2 Å². The van der Waals surface area contributed by atoms with Crippen LogP contribution in [0.5, 0.6) is 0 Å². The summed E-state index contributed by atoms with van der Waals surface area (Å²) in [6.45, 7) is 3.95. The molecule has 0 bridgehead atoms. The van der Waals surface area contributed by atoms with E-state index in [0.717, 1.165) is 32.2 Å². The minimum Gasteiger partial charge on any atom is -0.313 e. The summed E-state index contributed by atoms with van der Waals surface area (Å²) >= 11 is 5.31. The molecule has 1 aliphatic carbocycles. The number of piperazine rings is 1. The summed E-state index contributed by atoms with van der Waals surface area (Å²) in [5.74, 6) is 0.428. The van der Waals surface area contributed by atoms with E-state index in [9.17, 15) is 4.79 Å². The molecule has 0 spiro atoms. The van der Waals surface area contributed by atoms with E-state index in [1.165, 1.54) is 25.7 Å². The van der Waals surface area contributed by atoms with Crippen molar-refractivity contribution in [3.63, 3.8) is 0 Å². The van der Waals surface area contributed by atoms with Crippen molar-refractivity contribution in [3.05, 3.63) is 42.1 Å². The summed E-state index contributed by atoms with van der Waals surface area (Å²) in [5, 5.41) is 9.24. The Morgan fingerprint density at radius 2 is 1.89 bits per heavy atom. The molecule has 2 aliphatic rings. The lowest BCUT2D eigenvalue weighted by atomic mass is 10.1. The zero-order valence-electron chi connectivity index (χ0n) is 15.9. The van der Waals surface area contributed by atoms with Crippen molar-refractivity contribution in [2.45, 2.75) is 38.1 Å². The van der Waals surface area contributed by atoms with Crippen LogP contribution in [0, 0.1) is 0 Å². The Balaban J connectivity index is 1.27.